The third-order valence-electron chi connectivity index (χ3n) is 2.58. The average Bonchev–Trinajstić information content (AvgIpc) is 2.87. The van der Waals surface area contributed by atoms with Crippen LogP contribution in [0.2, 0.25) is 0 Å². The second kappa shape index (κ2) is 7.94. The van der Waals surface area contributed by atoms with E-state index < -0.39 is 0 Å². The van der Waals surface area contributed by atoms with Crippen LogP contribution in [-0.2, 0) is 4.79 Å². The van der Waals surface area contributed by atoms with E-state index >= 15 is 0 Å². The van der Waals surface area contributed by atoms with Crippen LogP contribution < -0.4 is 10.6 Å². The topological polar surface area (TPSA) is 66.9 Å². The molecule has 1 aromatic heterocycles. The zero-order valence-corrected chi connectivity index (χ0v) is 15.7. The number of benzene rings is 1. The van der Waals surface area contributed by atoms with Crippen molar-refractivity contribution in [2.45, 2.75) is 36.4 Å². The number of halogens is 1. The van der Waals surface area contributed by atoms with Crippen LogP contribution in [-0.4, -0.2) is 27.4 Å². The number of carbonyl (C=O) groups is 1. The second-order valence-corrected chi connectivity index (χ2v) is 8.41. The minimum atomic E-state index is -0.247. The van der Waals surface area contributed by atoms with Gasteiger partial charge < -0.3 is 10.6 Å². The molecule has 1 aromatic carbocycles. The molecule has 2 aromatic rings. The van der Waals surface area contributed by atoms with Gasteiger partial charge in [-0.1, -0.05) is 39.0 Å². The summed E-state index contributed by atoms with van der Waals surface area (Å²) in [6.45, 7) is 5.95. The van der Waals surface area contributed by atoms with Gasteiger partial charge in [0, 0.05) is 16.2 Å². The van der Waals surface area contributed by atoms with E-state index in [0.717, 1.165) is 19.6 Å². The first-order chi connectivity index (χ1) is 10.4. The predicted octanol–water partition coefficient (Wildman–Crippen LogP) is 4.24. The molecule has 1 atom stereocenters. The van der Waals surface area contributed by atoms with Gasteiger partial charge in [-0.3, -0.25) is 4.79 Å². The van der Waals surface area contributed by atoms with Gasteiger partial charge >= 0.3 is 0 Å². The van der Waals surface area contributed by atoms with Gasteiger partial charge in [0.05, 0.1) is 5.25 Å². The maximum absolute atomic E-state index is 12.2. The normalized spacial score (nSPS) is 12.2. The molecule has 2 rings (SSSR count). The zero-order valence-electron chi connectivity index (χ0n) is 12.5. The lowest BCUT2D eigenvalue weighted by Crippen LogP contribution is -2.22. The third-order valence-corrected chi connectivity index (χ3v) is 5.14. The Balaban J connectivity index is 1.90. The van der Waals surface area contributed by atoms with Crippen molar-refractivity contribution in [3.63, 3.8) is 0 Å². The van der Waals surface area contributed by atoms with Gasteiger partial charge in [0.1, 0.15) is 0 Å². The molecular formula is C14H17BrN4OS2. The molecule has 22 heavy (non-hydrogen) atoms. The molecule has 1 amide bonds. The van der Waals surface area contributed by atoms with Crippen LogP contribution in [0.25, 0.3) is 0 Å². The van der Waals surface area contributed by atoms with Crippen molar-refractivity contribution in [2.75, 3.05) is 10.6 Å². The van der Waals surface area contributed by atoms with E-state index in [1.165, 1.54) is 23.1 Å². The first-order valence-corrected chi connectivity index (χ1v) is 9.26. The van der Waals surface area contributed by atoms with Crippen molar-refractivity contribution in [1.29, 1.82) is 0 Å². The summed E-state index contributed by atoms with van der Waals surface area (Å²) < 4.78 is 1.76. The molecule has 0 radical (unpaired) electrons. The molecule has 5 nitrogen and oxygen atoms in total. The summed E-state index contributed by atoms with van der Waals surface area (Å²) in [4.78, 5) is 12.2. The number of rotatable bonds is 6. The van der Waals surface area contributed by atoms with Crippen molar-refractivity contribution in [3.05, 3.63) is 28.7 Å². The highest BCUT2D eigenvalue weighted by Crippen LogP contribution is 2.29. The predicted molar refractivity (Wildman–Crippen MR) is 96.8 cm³/mol. The van der Waals surface area contributed by atoms with Crippen molar-refractivity contribution in [1.82, 2.24) is 10.2 Å². The van der Waals surface area contributed by atoms with Crippen LogP contribution in [0, 0.1) is 0 Å². The summed E-state index contributed by atoms with van der Waals surface area (Å²) in [5, 5.41) is 14.8. The van der Waals surface area contributed by atoms with Crippen LogP contribution in [0.1, 0.15) is 20.8 Å². The van der Waals surface area contributed by atoms with Crippen molar-refractivity contribution < 1.29 is 4.79 Å². The fourth-order valence-electron chi connectivity index (χ4n) is 1.54. The molecule has 1 heterocycles. The van der Waals surface area contributed by atoms with E-state index in [2.05, 4.69) is 36.8 Å². The number of aromatic nitrogens is 2. The molecule has 0 saturated heterocycles. The van der Waals surface area contributed by atoms with Gasteiger partial charge in [0.25, 0.3) is 0 Å². The van der Waals surface area contributed by atoms with Gasteiger partial charge in [-0.15, -0.1) is 10.2 Å². The number of nitrogens with zero attached hydrogens (tertiary/aromatic N) is 2. The number of carbonyl (C=O) groups excluding carboxylic acids is 1. The van der Waals surface area contributed by atoms with Crippen LogP contribution in [0.15, 0.2) is 33.1 Å². The summed E-state index contributed by atoms with van der Waals surface area (Å²) in [5.74, 6) is -0.0547. The molecule has 0 spiro atoms. The molecule has 0 aliphatic rings. The molecule has 118 valence electrons. The fourth-order valence-corrected chi connectivity index (χ4v) is 3.85. The van der Waals surface area contributed by atoms with Gasteiger partial charge in [0.15, 0.2) is 4.34 Å². The van der Waals surface area contributed by atoms with Gasteiger partial charge in [-0.25, -0.2) is 0 Å². The van der Waals surface area contributed by atoms with Crippen LogP contribution in [0.3, 0.4) is 0 Å². The van der Waals surface area contributed by atoms with Gasteiger partial charge in [0.2, 0.25) is 11.0 Å². The molecule has 1 unspecified atom stereocenters. The molecular weight excluding hydrogens is 384 g/mol. The molecule has 0 saturated carbocycles. The van der Waals surface area contributed by atoms with E-state index in [4.69, 9.17) is 0 Å². The van der Waals surface area contributed by atoms with Gasteiger partial charge in [-0.05, 0) is 45.0 Å². The minimum Gasteiger partial charge on any atom is -0.358 e. The summed E-state index contributed by atoms with van der Waals surface area (Å²) in [7, 11) is 0. The number of anilines is 2. The lowest BCUT2D eigenvalue weighted by Gasteiger charge is -2.10. The monoisotopic (exact) mass is 400 g/mol. The highest BCUT2D eigenvalue weighted by atomic mass is 79.9. The largest absolute Gasteiger partial charge is 0.358 e. The third kappa shape index (κ3) is 5.26. The Labute approximate surface area is 146 Å². The Morgan fingerprint density at radius 2 is 1.91 bits per heavy atom. The van der Waals surface area contributed by atoms with E-state index in [1.807, 2.05) is 45.0 Å². The molecule has 0 fully saturated rings. The fraction of sp³-hybridized carbons (Fsp3) is 0.357. The first-order valence-electron chi connectivity index (χ1n) is 6.77. The average molecular weight is 401 g/mol. The number of hydrogen-bond donors (Lipinski definition) is 2. The summed E-state index contributed by atoms with van der Waals surface area (Å²) in [6.07, 6.45) is 0. The molecule has 2 N–H and O–H groups in total. The summed E-state index contributed by atoms with van der Waals surface area (Å²) in [6, 6.07) is 7.80. The number of amides is 1. The maximum atomic E-state index is 12.2. The van der Waals surface area contributed by atoms with Crippen molar-refractivity contribution >= 4 is 55.8 Å². The lowest BCUT2D eigenvalue weighted by atomic mass is 10.3. The van der Waals surface area contributed by atoms with Crippen LogP contribution >= 0.6 is 39.0 Å². The molecule has 0 aliphatic heterocycles. The highest BCUT2D eigenvalue weighted by Gasteiger charge is 2.17. The van der Waals surface area contributed by atoms with Crippen molar-refractivity contribution in [2.24, 2.45) is 0 Å². The smallest absolute Gasteiger partial charge is 0.237 e. The quantitative estimate of drug-likeness (QED) is 0.709. The molecule has 0 aliphatic carbocycles. The SMILES string of the molecule is CC(C)Nc1nnc(SC(C)C(=O)Nc2ccc(Br)cc2)s1. The Hall–Kier alpha value is -1.12. The standard InChI is InChI=1S/C14H17BrN4OS2/c1-8(2)16-13-18-19-14(22-13)21-9(3)12(20)17-11-6-4-10(15)5-7-11/h4-9H,1-3H3,(H,16,18)(H,17,20). The highest BCUT2D eigenvalue weighted by molar-refractivity contribution is 9.10. The number of thioether (sulfide) groups is 1. The maximum Gasteiger partial charge on any atom is 0.237 e. The molecule has 8 heteroatoms. The van der Waals surface area contributed by atoms with E-state index in [-0.39, 0.29) is 11.2 Å². The lowest BCUT2D eigenvalue weighted by molar-refractivity contribution is -0.115. The second-order valence-electron chi connectivity index (χ2n) is 4.93. The van der Waals surface area contributed by atoms with E-state index in [9.17, 15) is 4.79 Å². The minimum absolute atomic E-state index is 0.0547. The Morgan fingerprint density at radius 3 is 2.55 bits per heavy atom. The van der Waals surface area contributed by atoms with Gasteiger partial charge in [-0.2, -0.15) is 0 Å². The molecule has 0 bridgehead atoms. The zero-order chi connectivity index (χ0) is 16.1. The van der Waals surface area contributed by atoms with E-state index in [0.29, 0.717) is 6.04 Å². The van der Waals surface area contributed by atoms with E-state index in [1.54, 1.807) is 0 Å². The Bertz CT molecular complexity index is 630. The number of hydrogen-bond acceptors (Lipinski definition) is 6. The Morgan fingerprint density at radius 1 is 1.23 bits per heavy atom. The summed E-state index contributed by atoms with van der Waals surface area (Å²) >= 11 is 6.23. The number of nitrogens with one attached hydrogen (secondary N) is 2. The van der Waals surface area contributed by atoms with Crippen LogP contribution in [0.5, 0.6) is 0 Å². The van der Waals surface area contributed by atoms with Crippen molar-refractivity contribution in [3.8, 4) is 0 Å². The first kappa shape index (κ1) is 17.2. The Kier molecular flexibility index (Phi) is 6.22. The summed E-state index contributed by atoms with van der Waals surface area (Å²) in [5.41, 5.74) is 0.778. The van der Waals surface area contributed by atoms with Crippen LogP contribution in [0.4, 0.5) is 10.8 Å².